The number of hydrogen-bond acceptors (Lipinski definition) is 3. The van der Waals surface area contributed by atoms with Crippen LogP contribution in [-0.4, -0.2) is 14.5 Å². The molecule has 0 radical (unpaired) electrons. The summed E-state index contributed by atoms with van der Waals surface area (Å²) in [4.78, 5) is 0. The second-order valence-corrected chi connectivity index (χ2v) is 6.60. The molecule has 0 aliphatic heterocycles. The molecule has 2 rings (SSSR count). The minimum Gasteiger partial charge on any atom is -0.383 e. The molecule has 19 heavy (non-hydrogen) atoms. The van der Waals surface area contributed by atoms with E-state index in [-0.39, 0.29) is 0 Å². The molecule has 1 saturated carbocycles. The van der Waals surface area contributed by atoms with Gasteiger partial charge in [0.25, 0.3) is 10.2 Å². The standard InChI is InChI=1S/C13H21N3O2S/c1-10(8-11-4-2-5-11)15-12-6-3-7-13(9-12)16-19(14,17)18/h3,6-7,9-11,15-16H,2,4-5,8H2,1H3,(H2,14,17,18). The van der Waals surface area contributed by atoms with Crippen LogP contribution in [0.15, 0.2) is 24.3 Å². The van der Waals surface area contributed by atoms with Crippen LogP contribution in [0, 0.1) is 5.92 Å². The summed E-state index contributed by atoms with van der Waals surface area (Å²) in [7, 11) is -3.71. The highest BCUT2D eigenvalue weighted by Gasteiger charge is 2.19. The number of nitrogens with two attached hydrogens (primary N) is 1. The van der Waals surface area contributed by atoms with Gasteiger partial charge in [-0.05, 0) is 37.5 Å². The summed E-state index contributed by atoms with van der Waals surface area (Å²) in [5.41, 5.74) is 1.38. The van der Waals surface area contributed by atoms with E-state index in [9.17, 15) is 8.42 Å². The third-order valence-electron chi connectivity index (χ3n) is 3.45. The molecule has 1 atom stereocenters. The van der Waals surface area contributed by atoms with Crippen molar-refractivity contribution in [2.45, 2.75) is 38.6 Å². The summed E-state index contributed by atoms with van der Waals surface area (Å²) in [5.74, 6) is 0.841. The van der Waals surface area contributed by atoms with Crippen LogP contribution in [0.25, 0.3) is 0 Å². The zero-order valence-electron chi connectivity index (χ0n) is 11.1. The highest BCUT2D eigenvalue weighted by Crippen LogP contribution is 2.31. The monoisotopic (exact) mass is 283 g/mol. The largest absolute Gasteiger partial charge is 0.383 e. The maximum absolute atomic E-state index is 11.0. The molecule has 1 aliphatic carbocycles. The van der Waals surface area contributed by atoms with Gasteiger partial charge < -0.3 is 5.32 Å². The Bertz CT molecular complexity index is 526. The van der Waals surface area contributed by atoms with Gasteiger partial charge in [-0.1, -0.05) is 25.3 Å². The van der Waals surface area contributed by atoms with Crippen LogP contribution in [0.3, 0.4) is 0 Å². The minimum atomic E-state index is -3.71. The van der Waals surface area contributed by atoms with Gasteiger partial charge in [-0.25, -0.2) is 5.14 Å². The van der Waals surface area contributed by atoms with Gasteiger partial charge >= 0.3 is 0 Å². The number of hydrogen-bond donors (Lipinski definition) is 3. The molecule has 1 aliphatic rings. The maximum atomic E-state index is 11.0. The average molecular weight is 283 g/mol. The van der Waals surface area contributed by atoms with Gasteiger partial charge in [0.05, 0.1) is 5.69 Å². The van der Waals surface area contributed by atoms with Gasteiger partial charge in [0.2, 0.25) is 0 Å². The van der Waals surface area contributed by atoms with E-state index in [4.69, 9.17) is 5.14 Å². The lowest BCUT2D eigenvalue weighted by molar-refractivity contribution is 0.286. The molecule has 0 heterocycles. The Balaban J connectivity index is 1.94. The van der Waals surface area contributed by atoms with Crippen LogP contribution >= 0.6 is 0 Å². The molecule has 0 amide bonds. The molecule has 5 nitrogen and oxygen atoms in total. The van der Waals surface area contributed by atoms with Crippen molar-refractivity contribution < 1.29 is 8.42 Å². The van der Waals surface area contributed by atoms with Crippen molar-refractivity contribution in [2.24, 2.45) is 11.1 Å². The normalized spacial score (nSPS) is 17.6. The van der Waals surface area contributed by atoms with Crippen molar-refractivity contribution in [3.05, 3.63) is 24.3 Å². The third kappa shape index (κ3) is 4.72. The fourth-order valence-corrected chi connectivity index (χ4v) is 2.86. The molecular weight excluding hydrogens is 262 g/mol. The van der Waals surface area contributed by atoms with Crippen LogP contribution in [0.4, 0.5) is 11.4 Å². The first kappa shape index (κ1) is 14.1. The summed E-state index contributed by atoms with van der Waals surface area (Å²) in [6.45, 7) is 2.15. The molecule has 1 aromatic carbocycles. The van der Waals surface area contributed by atoms with E-state index >= 15 is 0 Å². The Morgan fingerprint density at radius 2 is 2.05 bits per heavy atom. The Morgan fingerprint density at radius 1 is 1.37 bits per heavy atom. The zero-order chi connectivity index (χ0) is 13.9. The SMILES string of the molecule is CC(CC1CCC1)Nc1cccc(NS(N)(=O)=O)c1. The van der Waals surface area contributed by atoms with Gasteiger partial charge in [-0.2, -0.15) is 8.42 Å². The molecule has 6 heteroatoms. The molecule has 0 aromatic heterocycles. The van der Waals surface area contributed by atoms with Crippen molar-refractivity contribution in [2.75, 3.05) is 10.0 Å². The predicted molar refractivity (Wildman–Crippen MR) is 78.2 cm³/mol. The van der Waals surface area contributed by atoms with E-state index in [0.717, 1.165) is 18.0 Å². The first-order chi connectivity index (χ1) is 8.92. The Morgan fingerprint density at radius 3 is 2.63 bits per heavy atom. The molecule has 1 unspecified atom stereocenters. The fraction of sp³-hybridized carbons (Fsp3) is 0.538. The number of benzene rings is 1. The second kappa shape index (κ2) is 5.79. The molecular formula is C13H21N3O2S. The fourth-order valence-electron chi connectivity index (χ4n) is 2.41. The minimum absolute atomic E-state index is 0.384. The second-order valence-electron chi connectivity index (χ2n) is 5.31. The van der Waals surface area contributed by atoms with Crippen molar-refractivity contribution >= 4 is 21.6 Å². The Labute approximate surface area is 114 Å². The number of rotatable bonds is 6. The first-order valence-corrected chi connectivity index (χ1v) is 8.14. The van der Waals surface area contributed by atoms with E-state index in [1.165, 1.54) is 19.3 Å². The van der Waals surface area contributed by atoms with Gasteiger partial charge in [0.15, 0.2) is 0 Å². The van der Waals surface area contributed by atoms with Crippen LogP contribution in [0.5, 0.6) is 0 Å². The molecule has 1 fully saturated rings. The van der Waals surface area contributed by atoms with Crippen molar-refractivity contribution in [1.82, 2.24) is 0 Å². The van der Waals surface area contributed by atoms with Gasteiger partial charge in [0.1, 0.15) is 0 Å². The molecule has 0 bridgehead atoms. The van der Waals surface area contributed by atoms with Crippen molar-refractivity contribution in [3.63, 3.8) is 0 Å². The van der Waals surface area contributed by atoms with E-state index in [1.54, 1.807) is 18.2 Å². The molecule has 106 valence electrons. The molecule has 1 aromatic rings. The van der Waals surface area contributed by atoms with Crippen molar-refractivity contribution in [1.29, 1.82) is 0 Å². The topological polar surface area (TPSA) is 84.2 Å². The average Bonchev–Trinajstić information content (AvgIpc) is 2.21. The van der Waals surface area contributed by atoms with Gasteiger partial charge in [-0.3, -0.25) is 4.72 Å². The van der Waals surface area contributed by atoms with Gasteiger partial charge in [0, 0.05) is 11.7 Å². The van der Waals surface area contributed by atoms with Crippen molar-refractivity contribution in [3.8, 4) is 0 Å². The quantitative estimate of drug-likeness (QED) is 0.749. The highest BCUT2D eigenvalue weighted by atomic mass is 32.2. The number of anilines is 2. The van der Waals surface area contributed by atoms with E-state index in [2.05, 4.69) is 17.0 Å². The first-order valence-electron chi connectivity index (χ1n) is 6.59. The van der Waals surface area contributed by atoms with Gasteiger partial charge in [-0.15, -0.1) is 0 Å². The third-order valence-corrected chi connectivity index (χ3v) is 3.97. The summed E-state index contributed by atoms with van der Waals surface area (Å²) in [5, 5.41) is 8.34. The predicted octanol–water partition coefficient (Wildman–Crippen LogP) is 2.29. The molecule has 4 N–H and O–H groups in total. The summed E-state index contributed by atoms with van der Waals surface area (Å²) in [6, 6.07) is 7.53. The number of nitrogens with one attached hydrogen (secondary N) is 2. The van der Waals surface area contributed by atoms with E-state index in [1.807, 2.05) is 6.07 Å². The lowest BCUT2D eigenvalue weighted by Gasteiger charge is -2.29. The van der Waals surface area contributed by atoms with Crippen LogP contribution < -0.4 is 15.2 Å². The Kier molecular flexibility index (Phi) is 4.31. The smallest absolute Gasteiger partial charge is 0.296 e. The lowest BCUT2D eigenvalue weighted by Crippen LogP contribution is -2.23. The van der Waals surface area contributed by atoms with Crippen LogP contribution in [0.1, 0.15) is 32.6 Å². The van der Waals surface area contributed by atoms with E-state index in [0.29, 0.717) is 11.7 Å². The summed E-state index contributed by atoms with van der Waals surface area (Å²) < 4.78 is 24.2. The maximum Gasteiger partial charge on any atom is 0.296 e. The van der Waals surface area contributed by atoms with Crippen LogP contribution in [-0.2, 0) is 10.2 Å². The summed E-state index contributed by atoms with van der Waals surface area (Å²) >= 11 is 0. The van der Waals surface area contributed by atoms with Crippen LogP contribution in [0.2, 0.25) is 0 Å². The highest BCUT2D eigenvalue weighted by molar-refractivity contribution is 7.90. The summed E-state index contributed by atoms with van der Waals surface area (Å²) in [6.07, 6.45) is 5.18. The lowest BCUT2D eigenvalue weighted by atomic mass is 9.81. The zero-order valence-corrected chi connectivity index (χ0v) is 11.9. The van der Waals surface area contributed by atoms with E-state index < -0.39 is 10.2 Å². The molecule has 0 spiro atoms. The molecule has 0 saturated heterocycles. The Hall–Kier alpha value is -1.27.